The average molecular weight is 234 g/mol. The van der Waals surface area contributed by atoms with Crippen LogP contribution in [0, 0.1) is 27.7 Å². The zero-order valence-corrected chi connectivity index (χ0v) is 11.2. The third kappa shape index (κ3) is 1.12. The highest BCUT2D eigenvalue weighted by Gasteiger charge is 2.28. The van der Waals surface area contributed by atoms with E-state index in [-0.39, 0.29) is 0 Å². The molecule has 0 spiro atoms. The Hall–Kier alpha value is -0.600. The van der Waals surface area contributed by atoms with Crippen molar-refractivity contribution in [3.8, 4) is 11.1 Å². The molecule has 0 bridgehead atoms. The van der Waals surface area contributed by atoms with Crippen molar-refractivity contribution in [1.82, 2.24) is 0 Å². The lowest BCUT2D eigenvalue weighted by Crippen LogP contribution is -1.81. The molecule has 2 heteroatoms. The van der Waals surface area contributed by atoms with Gasteiger partial charge in [-0.1, -0.05) is 0 Å². The molecule has 0 aromatic carbocycles. The lowest BCUT2D eigenvalue weighted by Gasteiger charge is -1.96. The summed E-state index contributed by atoms with van der Waals surface area (Å²) in [6.45, 7) is 9.04. The Morgan fingerprint density at radius 1 is 0.667 bits per heavy atom. The largest absolute Gasteiger partial charge is 0.145 e. The van der Waals surface area contributed by atoms with Crippen LogP contribution in [0.5, 0.6) is 0 Å². The molecular formula is C13H14S2. The van der Waals surface area contributed by atoms with E-state index >= 15 is 0 Å². The standard InChI is InChI=1S/C13H14S2/c1-6-10-5-11-7(2)15-9(4)13(11)12(10)8(3)14-6/h5H2,1-4H3. The summed E-state index contributed by atoms with van der Waals surface area (Å²) in [6.07, 6.45) is 1.18. The van der Waals surface area contributed by atoms with E-state index in [0.29, 0.717) is 0 Å². The molecule has 78 valence electrons. The van der Waals surface area contributed by atoms with Crippen LogP contribution in [0.2, 0.25) is 0 Å². The predicted molar refractivity (Wildman–Crippen MR) is 69.4 cm³/mol. The Bertz CT molecular complexity index is 505. The van der Waals surface area contributed by atoms with Crippen LogP contribution in [0.15, 0.2) is 0 Å². The minimum Gasteiger partial charge on any atom is -0.145 e. The van der Waals surface area contributed by atoms with Gasteiger partial charge in [0.05, 0.1) is 0 Å². The fraction of sp³-hybridized carbons (Fsp3) is 0.385. The van der Waals surface area contributed by atoms with Gasteiger partial charge in [0, 0.05) is 37.1 Å². The van der Waals surface area contributed by atoms with Crippen LogP contribution < -0.4 is 0 Å². The van der Waals surface area contributed by atoms with Gasteiger partial charge in [0.1, 0.15) is 0 Å². The number of rotatable bonds is 0. The molecule has 0 saturated carbocycles. The molecule has 0 amide bonds. The maximum atomic E-state index is 2.26. The molecule has 0 N–H and O–H groups in total. The Morgan fingerprint density at radius 3 is 1.47 bits per heavy atom. The van der Waals surface area contributed by atoms with Gasteiger partial charge in [-0.15, -0.1) is 22.7 Å². The molecule has 15 heavy (non-hydrogen) atoms. The molecule has 0 unspecified atom stereocenters. The first-order valence-electron chi connectivity index (χ1n) is 5.27. The summed E-state index contributed by atoms with van der Waals surface area (Å²) in [7, 11) is 0. The lowest BCUT2D eigenvalue weighted by molar-refractivity contribution is 1.23. The molecule has 0 radical (unpaired) electrons. The topological polar surface area (TPSA) is 0 Å². The van der Waals surface area contributed by atoms with Crippen LogP contribution in [-0.2, 0) is 6.42 Å². The summed E-state index contributed by atoms with van der Waals surface area (Å²) in [6, 6.07) is 0. The van der Waals surface area contributed by atoms with Gasteiger partial charge >= 0.3 is 0 Å². The number of hydrogen-bond acceptors (Lipinski definition) is 2. The highest BCUT2D eigenvalue weighted by molar-refractivity contribution is 7.13. The maximum Gasteiger partial charge on any atom is 0.00989 e. The summed E-state index contributed by atoms with van der Waals surface area (Å²) in [4.78, 5) is 6.04. The van der Waals surface area contributed by atoms with Crippen molar-refractivity contribution < 1.29 is 0 Å². The van der Waals surface area contributed by atoms with E-state index in [1.54, 1.807) is 22.3 Å². The number of aryl methyl sites for hydroxylation is 4. The number of thiophene rings is 2. The second-order valence-corrected chi connectivity index (χ2v) is 7.17. The van der Waals surface area contributed by atoms with Crippen LogP contribution in [0.3, 0.4) is 0 Å². The van der Waals surface area contributed by atoms with Crippen LogP contribution in [0.1, 0.15) is 30.6 Å². The van der Waals surface area contributed by atoms with Gasteiger partial charge in [-0.3, -0.25) is 0 Å². The van der Waals surface area contributed by atoms with E-state index in [4.69, 9.17) is 0 Å². The predicted octanol–water partition coefficient (Wildman–Crippen LogP) is 4.61. The van der Waals surface area contributed by atoms with E-state index in [1.165, 1.54) is 25.9 Å². The first kappa shape index (κ1) is 9.61. The van der Waals surface area contributed by atoms with Gasteiger partial charge < -0.3 is 0 Å². The van der Waals surface area contributed by atoms with Crippen molar-refractivity contribution in [2.45, 2.75) is 34.1 Å². The van der Waals surface area contributed by atoms with Gasteiger partial charge in [0.25, 0.3) is 0 Å². The van der Waals surface area contributed by atoms with E-state index in [1.807, 2.05) is 22.7 Å². The minimum absolute atomic E-state index is 1.18. The summed E-state index contributed by atoms with van der Waals surface area (Å²) in [5, 5.41) is 0. The maximum absolute atomic E-state index is 2.26. The van der Waals surface area contributed by atoms with Crippen molar-refractivity contribution in [3.05, 3.63) is 30.6 Å². The van der Waals surface area contributed by atoms with Gasteiger partial charge in [0.15, 0.2) is 0 Å². The molecule has 1 aliphatic rings. The molecule has 2 heterocycles. The highest BCUT2D eigenvalue weighted by Crippen LogP contribution is 2.49. The fourth-order valence-corrected chi connectivity index (χ4v) is 4.89. The van der Waals surface area contributed by atoms with Crippen molar-refractivity contribution in [1.29, 1.82) is 0 Å². The first-order chi connectivity index (χ1) is 7.09. The fourth-order valence-electron chi connectivity index (χ4n) is 2.72. The Kier molecular flexibility index (Phi) is 1.89. The summed E-state index contributed by atoms with van der Waals surface area (Å²) >= 11 is 3.92. The van der Waals surface area contributed by atoms with E-state index < -0.39 is 0 Å². The van der Waals surface area contributed by atoms with E-state index in [2.05, 4.69) is 27.7 Å². The van der Waals surface area contributed by atoms with E-state index in [9.17, 15) is 0 Å². The smallest absolute Gasteiger partial charge is 0.00989 e. The molecule has 1 aliphatic carbocycles. The first-order valence-corrected chi connectivity index (χ1v) is 6.91. The van der Waals surface area contributed by atoms with Crippen molar-refractivity contribution >= 4 is 22.7 Å². The molecule has 0 atom stereocenters. The van der Waals surface area contributed by atoms with Crippen LogP contribution >= 0.6 is 22.7 Å². The Morgan fingerprint density at radius 2 is 1.07 bits per heavy atom. The van der Waals surface area contributed by atoms with Gasteiger partial charge in [0.2, 0.25) is 0 Å². The average Bonchev–Trinajstić information content (AvgIpc) is 2.72. The zero-order valence-electron chi connectivity index (χ0n) is 9.52. The molecule has 0 nitrogen and oxygen atoms in total. The number of hydrogen-bond donors (Lipinski definition) is 0. The highest BCUT2D eigenvalue weighted by atomic mass is 32.1. The zero-order chi connectivity index (χ0) is 10.7. The molecular weight excluding hydrogens is 220 g/mol. The van der Waals surface area contributed by atoms with Crippen LogP contribution in [0.25, 0.3) is 11.1 Å². The molecule has 0 saturated heterocycles. The SMILES string of the molecule is Cc1sc(C)c2c1Cc1c(C)sc(C)c1-2. The normalized spacial score (nSPS) is 13.1. The van der Waals surface area contributed by atoms with Crippen molar-refractivity contribution in [2.24, 2.45) is 0 Å². The third-order valence-electron chi connectivity index (χ3n) is 3.37. The van der Waals surface area contributed by atoms with E-state index in [0.717, 1.165) is 0 Å². The second kappa shape index (κ2) is 2.96. The molecule has 0 aliphatic heterocycles. The van der Waals surface area contributed by atoms with Gasteiger partial charge in [-0.2, -0.15) is 0 Å². The van der Waals surface area contributed by atoms with Crippen LogP contribution in [0.4, 0.5) is 0 Å². The van der Waals surface area contributed by atoms with Gasteiger partial charge in [-0.25, -0.2) is 0 Å². The van der Waals surface area contributed by atoms with Crippen molar-refractivity contribution in [3.63, 3.8) is 0 Å². The molecule has 3 rings (SSSR count). The third-order valence-corrected chi connectivity index (χ3v) is 5.50. The minimum atomic E-state index is 1.18. The van der Waals surface area contributed by atoms with Gasteiger partial charge in [-0.05, 0) is 38.8 Å². The molecule has 0 fully saturated rings. The second-order valence-electron chi connectivity index (χ2n) is 4.31. The Labute approximate surface area is 98.6 Å². The lowest BCUT2D eigenvalue weighted by atomic mass is 10.1. The molecule has 2 aromatic rings. The quantitative estimate of drug-likeness (QED) is 0.532. The summed E-state index contributed by atoms with van der Waals surface area (Å²) < 4.78 is 0. The van der Waals surface area contributed by atoms with Crippen LogP contribution in [-0.4, -0.2) is 0 Å². The van der Waals surface area contributed by atoms with Crippen molar-refractivity contribution in [2.75, 3.05) is 0 Å². The molecule has 2 aromatic heterocycles. The summed E-state index contributed by atoms with van der Waals surface area (Å²) in [5.41, 5.74) is 6.33. The summed E-state index contributed by atoms with van der Waals surface area (Å²) in [5.74, 6) is 0. The Balaban J connectivity index is 2.38. The monoisotopic (exact) mass is 234 g/mol. The number of fused-ring (bicyclic) bond motifs is 3.